The Bertz CT molecular complexity index is 313. The van der Waals surface area contributed by atoms with Gasteiger partial charge in [-0.1, -0.05) is 12.1 Å². The maximum atomic E-state index is 10.8. The molecule has 82 valence electrons. The van der Waals surface area contributed by atoms with Gasteiger partial charge in [-0.25, -0.2) is 10.6 Å². The lowest BCUT2D eigenvalue weighted by molar-refractivity contribution is 0.241. The molecule has 0 atom stereocenters. The summed E-state index contributed by atoms with van der Waals surface area (Å²) in [6.45, 7) is 0.585. The number of hydrazine groups is 1. The zero-order valence-corrected chi connectivity index (χ0v) is 9.43. The van der Waals surface area contributed by atoms with Gasteiger partial charge in [0.1, 0.15) is 0 Å². The van der Waals surface area contributed by atoms with Gasteiger partial charge in [0.15, 0.2) is 0 Å². The van der Waals surface area contributed by atoms with Crippen LogP contribution in [0.25, 0.3) is 0 Å². The third-order valence-corrected chi connectivity index (χ3v) is 2.73. The van der Waals surface area contributed by atoms with Crippen LogP contribution in [-0.4, -0.2) is 18.8 Å². The molecule has 0 aliphatic heterocycles. The summed E-state index contributed by atoms with van der Waals surface area (Å²) < 4.78 is 0. The first-order valence-corrected chi connectivity index (χ1v) is 5.86. The van der Waals surface area contributed by atoms with Crippen molar-refractivity contribution in [2.45, 2.75) is 11.3 Å². The van der Waals surface area contributed by atoms with E-state index in [1.165, 1.54) is 10.5 Å². The molecule has 2 amide bonds. The summed E-state index contributed by atoms with van der Waals surface area (Å²) in [5.74, 6) is 4.92. The Morgan fingerprint density at radius 3 is 2.60 bits per heavy atom. The van der Waals surface area contributed by atoms with Gasteiger partial charge in [-0.05, 0) is 30.4 Å². The van der Waals surface area contributed by atoms with E-state index in [-0.39, 0.29) is 6.03 Å². The Labute approximate surface area is 93.6 Å². The molecule has 0 aliphatic carbocycles. The molecule has 1 rings (SSSR count). The number of nitrogens with one attached hydrogen (secondary N) is 2. The highest BCUT2D eigenvalue weighted by atomic mass is 32.2. The van der Waals surface area contributed by atoms with E-state index in [2.05, 4.69) is 29.6 Å². The van der Waals surface area contributed by atoms with Crippen LogP contribution in [0.4, 0.5) is 4.79 Å². The fraction of sp³-hybridized carbons (Fsp3) is 0.300. The van der Waals surface area contributed by atoms with Gasteiger partial charge in [-0.2, -0.15) is 0 Å². The number of benzene rings is 1. The highest BCUT2D eigenvalue weighted by Gasteiger charge is 1.97. The fourth-order valence-corrected chi connectivity index (χ4v) is 1.57. The van der Waals surface area contributed by atoms with Crippen molar-refractivity contribution in [1.29, 1.82) is 0 Å². The minimum Gasteiger partial charge on any atom is -0.337 e. The Kier molecular flexibility index (Phi) is 5.00. The maximum Gasteiger partial charge on any atom is 0.328 e. The first-order valence-electron chi connectivity index (χ1n) is 4.63. The Hall–Kier alpha value is -1.20. The van der Waals surface area contributed by atoms with Crippen molar-refractivity contribution in [3.63, 3.8) is 0 Å². The molecule has 0 spiro atoms. The molecule has 0 radical (unpaired) electrons. The Morgan fingerprint density at radius 2 is 2.07 bits per heavy atom. The molecule has 0 aromatic heterocycles. The number of rotatable bonds is 4. The normalized spacial score (nSPS) is 9.73. The quantitative estimate of drug-likeness (QED) is 0.311. The molecule has 1 aromatic carbocycles. The average molecular weight is 225 g/mol. The Balaban J connectivity index is 2.34. The van der Waals surface area contributed by atoms with Crippen LogP contribution in [-0.2, 0) is 6.42 Å². The van der Waals surface area contributed by atoms with Crippen LogP contribution in [0.3, 0.4) is 0 Å². The molecule has 1 aromatic rings. The van der Waals surface area contributed by atoms with E-state index in [1.807, 2.05) is 11.7 Å². The van der Waals surface area contributed by atoms with Crippen molar-refractivity contribution in [2.24, 2.45) is 5.84 Å². The van der Waals surface area contributed by atoms with E-state index in [0.29, 0.717) is 6.54 Å². The fourth-order valence-electron chi connectivity index (χ4n) is 1.16. The third kappa shape index (κ3) is 4.22. The number of hydrogen-bond acceptors (Lipinski definition) is 3. The maximum absolute atomic E-state index is 10.8. The molecule has 15 heavy (non-hydrogen) atoms. The summed E-state index contributed by atoms with van der Waals surface area (Å²) in [7, 11) is 0. The smallest absolute Gasteiger partial charge is 0.328 e. The van der Waals surface area contributed by atoms with Crippen molar-refractivity contribution in [2.75, 3.05) is 12.8 Å². The first-order chi connectivity index (χ1) is 7.26. The summed E-state index contributed by atoms with van der Waals surface area (Å²) in [5, 5.41) is 2.63. The van der Waals surface area contributed by atoms with Gasteiger partial charge in [-0.3, -0.25) is 5.43 Å². The van der Waals surface area contributed by atoms with Gasteiger partial charge in [-0.15, -0.1) is 11.8 Å². The first kappa shape index (κ1) is 11.9. The van der Waals surface area contributed by atoms with E-state index >= 15 is 0 Å². The number of nitrogens with two attached hydrogens (primary N) is 1. The molecular formula is C10H15N3OS. The Morgan fingerprint density at radius 1 is 1.40 bits per heavy atom. The molecule has 0 fully saturated rings. The topological polar surface area (TPSA) is 67.2 Å². The van der Waals surface area contributed by atoms with Crippen LogP contribution in [0.15, 0.2) is 29.2 Å². The summed E-state index contributed by atoms with van der Waals surface area (Å²) in [6.07, 6.45) is 2.85. The van der Waals surface area contributed by atoms with Crippen molar-refractivity contribution in [3.05, 3.63) is 29.8 Å². The number of carbonyl (C=O) groups excluding carboxylic acids is 1. The summed E-state index contributed by atoms with van der Waals surface area (Å²) in [6, 6.07) is 7.92. The van der Waals surface area contributed by atoms with Crippen LogP contribution in [0.5, 0.6) is 0 Å². The standard InChI is InChI=1S/C10H15N3OS/c1-15-9-4-2-8(3-5-9)6-7-12-10(14)13-11/h2-5H,6-7,11H2,1H3,(H2,12,13,14). The van der Waals surface area contributed by atoms with E-state index in [0.717, 1.165) is 6.42 Å². The van der Waals surface area contributed by atoms with Crippen LogP contribution < -0.4 is 16.6 Å². The molecule has 0 heterocycles. The van der Waals surface area contributed by atoms with Crippen LogP contribution in [0, 0.1) is 0 Å². The summed E-state index contributed by atoms with van der Waals surface area (Å²) >= 11 is 1.71. The highest BCUT2D eigenvalue weighted by Crippen LogP contribution is 2.14. The molecule has 0 unspecified atom stereocenters. The van der Waals surface area contributed by atoms with Crippen molar-refractivity contribution in [3.8, 4) is 0 Å². The number of urea groups is 1. The van der Waals surface area contributed by atoms with Crippen molar-refractivity contribution in [1.82, 2.24) is 10.7 Å². The third-order valence-electron chi connectivity index (χ3n) is 1.99. The monoisotopic (exact) mass is 225 g/mol. The van der Waals surface area contributed by atoms with Gasteiger partial charge in [0.05, 0.1) is 0 Å². The molecular weight excluding hydrogens is 210 g/mol. The minimum absolute atomic E-state index is 0.351. The zero-order chi connectivity index (χ0) is 11.1. The van der Waals surface area contributed by atoms with Crippen LogP contribution >= 0.6 is 11.8 Å². The van der Waals surface area contributed by atoms with E-state index < -0.39 is 0 Å². The van der Waals surface area contributed by atoms with E-state index in [1.54, 1.807) is 11.8 Å². The van der Waals surface area contributed by atoms with Crippen LogP contribution in [0.1, 0.15) is 5.56 Å². The molecule has 5 heteroatoms. The number of hydrogen-bond donors (Lipinski definition) is 3. The van der Waals surface area contributed by atoms with Crippen molar-refractivity contribution < 1.29 is 4.79 Å². The predicted octanol–water partition coefficient (Wildman–Crippen LogP) is 1.12. The lowest BCUT2D eigenvalue weighted by atomic mass is 10.1. The van der Waals surface area contributed by atoms with Gasteiger partial charge in [0, 0.05) is 11.4 Å². The van der Waals surface area contributed by atoms with Crippen molar-refractivity contribution >= 4 is 17.8 Å². The summed E-state index contributed by atoms with van der Waals surface area (Å²) in [4.78, 5) is 12.0. The van der Waals surface area contributed by atoms with Gasteiger partial charge >= 0.3 is 6.03 Å². The molecule has 4 N–H and O–H groups in total. The second kappa shape index (κ2) is 6.31. The second-order valence-electron chi connectivity index (χ2n) is 3.00. The number of amides is 2. The predicted molar refractivity (Wildman–Crippen MR) is 62.6 cm³/mol. The summed E-state index contributed by atoms with van der Waals surface area (Å²) in [5.41, 5.74) is 3.22. The lowest BCUT2D eigenvalue weighted by Crippen LogP contribution is -2.40. The lowest BCUT2D eigenvalue weighted by Gasteiger charge is -2.04. The zero-order valence-electron chi connectivity index (χ0n) is 8.62. The number of carbonyl (C=O) groups is 1. The largest absolute Gasteiger partial charge is 0.337 e. The SMILES string of the molecule is CSc1ccc(CCNC(=O)NN)cc1. The second-order valence-corrected chi connectivity index (χ2v) is 3.88. The van der Waals surface area contributed by atoms with E-state index in [9.17, 15) is 4.79 Å². The van der Waals surface area contributed by atoms with Crippen LogP contribution in [0.2, 0.25) is 0 Å². The average Bonchev–Trinajstić information content (AvgIpc) is 2.29. The van der Waals surface area contributed by atoms with E-state index in [4.69, 9.17) is 5.84 Å². The minimum atomic E-state index is -0.351. The van der Waals surface area contributed by atoms with Gasteiger partial charge in [0.2, 0.25) is 0 Å². The molecule has 4 nitrogen and oxygen atoms in total. The number of thioether (sulfide) groups is 1. The highest BCUT2D eigenvalue weighted by molar-refractivity contribution is 7.98. The van der Waals surface area contributed by atoms with Gasteiger partial charge < -0.3 is 5.32 Å². The molecule has 0 bridgehead atoms. The molecule has 0 saturated heterocycles. The van der Waals surface area contributed by atoms with Gasteiger partial charge in [0.25, 0.3) is 0 Å². The molecule has 0 aliphatic rings. The molecule has 0 saturated carbocycles.